The van der Waals surface area contributed by atoms with Crippen LogP contribution in [0, 0.1) is 0 Å². The summed E-state index contributed by atoms with van der Waals surface area (Å²) >= 11 is 6.11. The van der Waals surface area contributed by atoms with Gasteiger partial charge in [-0.2, -0.15) is 0 Å². The van der Waals surface area contributed by atoms with Crippen molar-refractivity contribution >= 4 is 17.5 Å². The minimum absolute atomic E-state index is 0.152. The molecule has 1 aromatic rings. The van der Waals surface area contributed by atoms with Crippen LogP contribution in [0.3, 0.4) is 0 Å². The predicted molar refractivity (Wildman–Crippen MR) is 80.8 cm³/mol. The van der Waals surface area contributed by atoms with Gasteiger partial charge in [-0.3, -0.25) is 4.79 Å². The number of benzene rings is 1. The number of carbonyl (C=O) groups excluding carboxylic acids is 1. The summed E-state index contributed by atoms with van der Waals surface area (Å²) in [4.78, 5) is 14.3. The Labute approximate surface area is 125 Å². The van der Waals surface area contributed by atoms with E-state index in [4.69, 9.17) is 16.7 Å². The maximum Gasteiger partial charge on any atom is 0.223 e. The number of hydrogen-bond donors (Lipinski definition) is 1. The summed E-state index contributed by atoms with van der Waals surface area (Å²) in [6.45, 7) is 0.977. The van der Waals surface area contributed by atoms with Crippen LogP contribution in [-0.2, 0) is 11.2 Å². The summed E-state index contributed by atoms with van der Waals surface area (Å²) in [5.74, 6) is 0.183. The molecule has 0 radical (unpaired) electrons. The van der Waals surface area contributed by atoms with E-state index < -0.39 is 0 Å². The van der Waals surface area contributed by atoms with Crippen LogP contribution >= 0.6 is 11.6 Å². The van der Waals surface area contributed by atoms with Crippen LogP contribution in [-0.4, -0.2) is 35.1 Å². The van der Waals surface area contributed by atoms with Crippen molar-refractivity contribution in [1.29, 1.82) is 0 Å². The van der Waals surface area contributed by atoms with Crippen molar-refractivity contribution in [2.24, 2.45) is 0 Å². The van der Waals surface area contributed by atoms with Gasteiger partial charge in [0.05, 0.1) is 0 Å². The van der Waals surface area contributed by atoms with Gasteiger partial charge in [0.1, 0.15) is 0 Å². The lowest BCUT2D eigenvalue weighted by atomic mass is 9.98. The van der Waals surface area contributed by atoms with Crippen LogP contribution < -0.4 is 0 Å². The number of hydrogen-bond acceptors (Lipinski definition) is 2. The molecule has 20 heavy (non-hydrogen) atoms. The molecule has 0 aliphatic carbocycles. The molecule has 4 heteroatoms. The molecule has 0 saturated carbocycles. The zero-order valence-electron chi connectivity index (χ0n) is 11.7. The van der Waals surface area contributed by atoms with Crippen molar-refractivity contribution in [1.82, 2.24) is 4.90 Å². The number of halogens is 1. The molecule has 1 aromatic carbocycles. The molecule has 0 aromatic heterocycles. The molecular formula is C16H22ClNO2. The van der Waals surface area contributed by atoms with Crippen molar-refractivity contribution < 1.29 is 9.90 Å². The lowest BCUT2D eigenvalue weighted by molar-refractivity contribution is -0.135. The third-order valence-corrected chi connectivity index (χ3v) is 4.34. The van der Waals surface area contributed by atoms with Gasteiger partial charge >= 0.3 is 0 Å². The second-order valence-electron chi connectivity index (χ2n) is 5.34. The number of carbonyl (C=O) groups is 1. The molecule has 0 unspecified atom stereocenters. The van der Waals surface area contributed by atoms with Crippen LogP contribution in [0.15, 0.2) is 24.3 Å². The Morgan fingerprint density at radius 2 is 2.15 bits per heavy atom. The zero-order valence-corrected chi connectivity index (χ0v) is 12.5. The maximum atomic E-state index is 12.4. The number of aryl methyl sites for hydroxylation is 1. The molecule has 110 valence electrons. The average molecular weight is 296 g/mol. The van der Waals surface area contributed by atoms with Gasteiger partial charge in [0, 0.05) is 30.6 Å². The molecule has 1 aliphatic heterocycles. The van der Waals surface area contributed by atoms with E-state index in [0.29, 0.717) is 19.3 Å². The first-order valence-corrected chi connectivity index (χ1v) is 7.74. The first kappa shape index (κ1) is 15.3. The Balaban J connectivity index is 1.91. The van der Waals surface area contributed by atoms with Crippen LogP contribution in [0.4, 0.5) is 0 Å². The Hall–Kier alpha value is -1.06. The fourth-order valence-electron chi connectivity index (χ4n) is 2.86. The van der Waals surface area contributed by atoms with Gasteiger partial charge in [-0.25, -0.2) is 0 Å². The number of likely N-dealkylation sites (tertiary alicyclic amines) is 1. The first-order valence-electron chi connectivity index (χ1n) is 7.36. The summed E-state index contributed by atoms with van der Waals surface area (Å²) in [7, 11) is 0. The molecule has 1 heterocycles. The van der Waals surface area contributed by atoms with E-state index in [0.717, 1.165) is 36.4 Å². The van der Waals surface area contributed by atoms with Gasteiger partial charge in [-0.15, -0.1) is 0 Å². The van der Waals surface area contributed by atoms with E-state index in [2.05, 4.69) is 0 Å². The molecule has 3 nitrogen and oxygen atoms in total. The van der Waals surface area contributed by atoms with Crippen molar-refractivity contribution in [2.75, 3.05) is 13.2 Å². The molecule has 1 fully saturated rings. The number of nitrogens with zero attached hydrogens (tertiary/aromatic N) is 1. The summed E-state index contributed by atoms with van der Waals surface area (Å²) in [6.07, 6.45) is 5.10. The molecule has 0 bridgehead atoms. The fourth-order valence-corrected chi connectivity index (χ4v) is 3.09. The zero-order chi connectivity index (χ0) is 14.4. The quantitative estimate of drug-likeness (QED) is 0.907. The molecule has 0 spiro atoms. The molecule has 1 atom stereocenters. The Morgan fingerprint density at radius 3 is 2.90 bits per heavy atom. The minimum atomic E-state index is 0.152. The van der Waals surface area contributed by atoms with Gasteiger partial charge in [0.15, 0.2) is 0 Å². The number of aliphatic hydroxyl groups is 1. The lowest BCUT2D eigenvalue weighted by Crippen LogP contribution is -2.44. The summed E-state index contributed by atoms with van der Waals surface area (Å²) < 4.78 is 0. The molecule has 1 N–H and O–H groups in total. The van der Waals surface area contributed by atoms with Gasteiger partial charge in [-0.05, 0) is 43.7 Å². The van der Waals surface area contributed by atoms with Crippen LogP contribution in [0.25, 0.3) is 0 Å². The number of piperidine rings is 1. The molecule has 2 rings (SSSR count). The Kier molecular flexibility index (Phi) is 5.86. The normalized spacial score (nSPS) is 19.1. The predicted octanol–water partition coefficient (Wildman–Crippen LogP) is 3.04. The van der Waals surface area contributed by atoms with Gasteiger partial charge in [0.25, 0.3) is 0 Å². The Morgan fingerprint density at radius 1 is 1.35 bits per heavy atom. The highest BCUT2D eigenvalue weighted by atomic mass is 35.5. The molecule has 1 amide bonds. The van der Waals surface area contributed by atoms with Gasteiger partial charge < -0.3 is 10.0 Å². The standard InChI is InChI=1S/C16H22ClNO2/c17-15-7-2-1-5-13(15)8-9-16(20)18-11-4-3-6-14(18)10-12-19/h1-2,5,7,14,19H,3-4,6,8-12H2/t14-/m0/s1. The minimum Gasteiger partial charge on any atom is -0.396 e. The second kappa shape index (κ2) is 7.65. The highest BCUT2D eigenvalue weighted by molar-refractivity contribution is 6.31. The highest BCUT2D eigenvalue weighted by Crippen LogP contribution is 2.22. The van der Waals surface area contributed by atoms with E-state index >= 15 is 0 Å². The van der Waals surface area contributed by atoms with Crippen LogP contribution in [0.2, 0.25) is 5.02 Å². The second-order valence-corrected chi connectivity index (χ2v) is 5.75. The van der Waals surface area contributed by atoms with Crippen LogP contribution in [0.1, 0.15) is 37.7 Å². The number of rotatable bonds is 5. The van der Waals surface area contributed by atoms with Gasteiger partial charge in [-0.1, -0.05) is 29.8 Å². The van der Waals surface area contributed by atoms with Crippen molar-refractivity contribution in [2.45, 2.75) is 44.6 Å². The van der Waals surface area contributed by atoms with Crippen molar-refractivity contribution in [3.8, 4) is 0 Å². The van der Waals surface area contributed by atoms with Crippen LogP contribution in [0.5, 0.6) is 0 Å². The molecule has 1 saturated heterocycles. The van der Waals surface area contributed by atoms with E-state index in [-0.39, 0.29) is 18.6 Å². The number of aliphatic hydroxyl groups excluding tert-OH is 1. The summed E-state index contributed by atoms with van der Waals surface area (Å²) in [5, 5.41) is 9.83. The van der Waals surface area contributed by atoms with E-state index in [9.17, 15) is 4.79 Å². The largest absolute Gasteiger partial charge is 0.396 e. The van der Waals surface area contributed by atoms with Crippen molar-refractivity contribution in [3.05, 3.63) is 34.9 Å². The average Bonchev–Trinajstić information content (AvgIpc) is 2.47. The Bertz CT molecular complexity index is 448. The highest BCUT2D eigenvalue weighted by Gasteiger charge is 2.25. The fraction of sp³-hybridized carbons (Fsp3) is 0.562. The topological polar surface area (TPSA) is 40.5 Å². The summed E-state index contributed by atoms with van der Waals surface area (Å²) in [5.41, 5.74) is 1.03. The van der Waals surface area contributed by atoms with E-state index in [1.165, 1.54) is 0 Å². The third kappa shape index (κ3) is 3.97. The van der Waals surface area contributed by atoms with Gasteiger partial charge in [0.2, 0.25) is 5.91 Å². The SMILES string of the molecule is O=C(CCc1ccccc1Cl)N1CCCC[C@H]1CCO. The van der Waals surface area contributed by atoms with E-state index in [1.54, 1.807) is 0 Å². The summed E-state index contributed by atoms with van der Waals surface area (Å²) in [6, 6.07) is 7.89. The maximum absolute atomic E-state index is 12.4. The van der Waals surface area contributed by atoms with E-state index in [1.807, 2.05) is 29.2 Å². The first-order chi connectivity index (χ1) is 9.72. The lowest BCUT2D eigenvalue weighted by Gasteiger charge is -2.35. The monoisotopic (exact) mass is 295 g/mol. The molecular weight excluding hydrogens is 274 g/mol. The number of amides is 1. The smallest absolute Gasteiger partial charge is 0.223 e. The molecule has 1 aliphatic rings. The third-order valence-electron chi connectivity index (χ3n) is 3.98. The van der Waals surface area contributed by atoms with Crippen molar-refractivity contribution in [3.63, 3.8) is 0 Å².